The molecular weight excluding hydrogens is 310 g/mol. The first-order chi connectivity index (χ1) is 11.6. The van der Waals surface area contributed by atoms with E-state index in [1.807, 2.05) is 32.2 Å². The molecule has 0 saturated heterocycles. The second-order valence-corrected chi connectivity index (χ2v) is 5.46. The van der Waals surface area contributed by atoms with Crippen LogP contribution in [0.1, 0.15) is 16.2 Å². The summed E-state index contributed by atoms with van der Waals surface area (Å²) in [5, 5.41) is 13.9. The van der Waals surface area contributed by atoms with Crippen LogP contribution in [-0.4, -0.2) is 32.7 Å². The van der Waals surface area contributed by atoms with E-state index < -0.39 is 0 Å². The summed E-state index contributed by atoms with van der Waals surface area (Å²) >= 11 is 0. The number of nitrogens with one attached hydrogen (secondary N) is 2. The van der Waals surface area contributed by atoms with E-state index in [-0.39, 0.29) is 12.7 Å². The van der Waals surface area contributed by atoms with Gasteiger partial charge in [0.05, 0.1) is 23.3 Å². The molecule has 0 unspecified atom stereocenters. The van der Waals surface area contributed by atoms with E-state index >= 15 is 0 Å². The number of ether oxygens (including phenoxy) is 2. The minimum absolute atomic E-state index is 0.220. The molecule has 0 atom stereocenters. The number of benzene rings is 1. The molecule has 1 aliphatic rings. The number of hydrogen-bond donors (Lipinski definition) is 2. The first-order valence-corrected chi connectivity index (χ1v) is 7.37. The smallest absolute Gasteiger partial charge is 0.273 e. The van der Waals surface area contributed by atoms with Crippen LogP contribution in [0.15, 0.2) is 30.5 Å². The highest BCUT2D eigenvalue weighted by atomic mass is 16.7. The lowest BCUT2D eigenvalue weighted by Gasteiger charge is -2.02. The van der Waals surface area contributed by atoms with Gasteiger partial charge in [0.1, 0.15) is 5.69 Å². The molecular formula is C16H15N5O3. The number of nitrogens with zero attached hydrogens (tertiary/aromatic N) is 3. The molecule has 2 N–H and O–H groups in total. The van der Waals surface area contributed by atoms with Crippen LogP contribution in [0, 0.1) is 6.92 Å². The van der Waals surface area contributed by atoms with Crippen LogP contribution in [-0.2, 0) is 7.05 Å². The highest BCUT2D eigenvalue weighted by Gasteiger charge is 2.17. The largest absolute Gasteiger partial charge is 0.454 e. The van der Waals surface area contributed by atoms with Crippen LogP contribution in [0.5, 0.6) is 11.5 Å². The number of fused-ring (bicyclic) bond motifs is 1. The molecule has 0 spiro atoms. The molecule has 1 amide bonds. The van der Waals surface area contributed by atoms with Gasteiger partial charge in [-0.3, -0.25) is 14.6 Å². The third-order valence-electron chi connectivity index (χ3n) is 3.97. The zero-order chi connectivity index (χ0) is 16.7. The van der Waals surface area contributed by atoms with Crippen molar-refractivity contribution in [3.8, 4) is 22.8 Å². The maximum atomic E-state index is 12.3. The number of aryl methyl sites for hydroxylation is 1. The van der Waals surface area contributed by atoms with Crippen molar-refractivity contribution in [3.05, 3.63) is 41.9 Å². The van der Waals surface area contributed by atoms with Crippen LogP contribution in [0.4, 0.5) is 5.69 Å². The van der Waals surface area contributed by atoms with Gasteiger partial charge >= 0.3 is 0 Å². The number of carbonyl (C=O) groups is 1. The number of rotatable bonds is 3. The van der Waals surface area contributed by atoms with Crippen molar-refractivity contribution < 1.29 is 14.3 Å². The summed E-state index contributed by atoms with van der Waals surface area (Å²) < 4.78 is 12.3. The van der Waals surface area contributed by atoms with Gasteiger partial charge in [-0.1, -0.05) is 0 Å². The Morgan fingerprint density at radius 1 is 1.29 bits per heavy atom. The monoisotopic (exact) mass is 325 g/mol. The van der Waals surface area contributed by atoms with Crippen LogP contribution in [0.2, 0.25) is 0 Å². The maximum Gasteiger partial charge on any atom is 0.273 e. The van der Waals surface area contributed by atoms with Crippen molar-refractivity contribution in [1.29, 1.82) is 0 Å². The summed E-state index contributed by atoms with van der Waals surface area (Å²) in [6, 6.07) is 7.23. The van der Waals surface area contributed by atoms with E-state index in [1.54, 1.807) is 16.9 Å². The molecule has 4 rings (SSSR count). The molecule has 3 aromatic rings. The van der Waals surface area contributed by atoms with Crippen LogP contribution < -0.4 is 14.8 Å². The summed E-state index contributed by atoms with van der Waals surface area (Å²) in [6.45, 7) is 2.10. The quantitative estimate of drug-likeness (QED) is 0.769. The minimum Gasteiger partial charge on any atom is -0.454 e. The molecule has 0 aliphatic carbocycles. The summed E-state index contributed by atoms with van der Waals surface area (Å²) in [7, 11) is 1.82. The number of anilines is 1. The summed E-state index contributed by atoms with van der Waals surface area (Å²) in [6.07, 6.45) is 1.61. The second kappa shape index (κ2) is 5.41. The number of aromatic nitrogens is 4. The Bertz CT molecular complexity index is 928. The number of amides is 1. The molecule has 0 saturated carbocycles. The third kappa shape index (κ3) is 2.37. The van der Waals surface area contributed by atoms with Crippen LogP contribution in [0.25, 0.3) is 11.3 Å². The maximum absolute atomic E-state index is 12.3. The van der Waals surface area contributed by atoms with Gasteiger partial charge in [-0.25, -0.2) is 0 Å². The lowest BCUT2D eigenvalue weighted by atomic mass is 10.1. The van der Waals surface area contributed by atoms with Crippen LogP contribution >= 0.6 is 0 Å². The fourth-order valence-electron chi connectivity index (χ4n) is 2.45. The molecule has 8 nitrogen and oxygen atoms in total. The van der Waals surface area contributed by atoms with Crippen molar-refractivity contribution in [2.45, 2.75) is 6.92 Å². The summed E-state index contributed by atoms with van der Waals surface area (Å²) in [5.41, 5.74) is 3.40. The Hall–Kier alpha value is -3.29. The van der Waals surface area contributed by atoms with E-state index in [2.05, 4.69) is 20.6 Å². The highest BCUT2D eigenvalue weighted by molar-refractivity contribution is 6.03. The molecule has 2 aromatic heterocycles. The Morgan fingerprint density at radius 3 is 2.92 bits per heavy atom. The van der Waals surface area contributed by atoms with E-state index in [0.29, 0.717) is 28.6 Å². The molecule has 1 aromatic carbocycles. The number of hydrogen-bond acceptors (Lipinski definition) is 5. The summed E-state index contributed by atoms with van der Waals surface area (Å²) in [5.74, 6) is 1.11. The van der Waals surface area contributed by atoms with Gasteiger partial charge in [0.2, 0.25) is 6.79 Å². The molecule has 8 heteroatoms. The standard InChI is InChI=1S/C16H15N5O3/c1-9-13(7-17-21(9)2)18-16(22)12-6-11(19-20-12)10-3-4-14-15(5-10)24-8-23-14/h3-7H,8H2,1-2H3,(H,18,22)(H,19,20). The van der Waals surface area contributed by atoms with Crippen LogP contribution in [0.3, 0.4) is 0 Å². The minimum atomic E-state index is -0.273. The number of carbonyl (C=O) groups excluding carboxylic acids is 1. The van der Waals surface area contributed by atoms with Crippen molar-refractivity contribution in [2.75, 3.05) is 12.1 Å². The van der Waals surface area contributed by atoms with Gasteiger partial charge in [0, 0.05) is 12.6 Å². The summed E-state index contributed by atoms with van der Waals surface area (Å²) in [4.78, 5) is 12.3. The van der Waals surface area contributed by atoms with Gasteiger partial charge < -0.3 is 14.8 Å². The molecule has 24 heavy (non-hydrogen) atoms. The van der Waals surface area contributed by atoms with E-state index in [4.69, 9.17) is 9.47 Å². The molecule has 0 fully saturated rings. The highest BCUT2D eigenvalue weighted by Crippen LogP contribution is 2.35. The SMILES string of the molecule is Cc1c(NC(=O)c2cc(-c3ccc4c(c3)OCO4)n[nH]2)cnn1C. The third-order valence-corrected chi connectivity index (χ3v) is 3.97. The lowest BCUT2D eigenvalue weighted by molar-refractivity contribution is 0.102. The molecule has 1 aliphatic heterocycles. The molecule has 0 bridgehead atoms. The lowest BCUT2D eigenvalue weighted by Crippen LogP contribution is -2.12. The van der Waals surface area contributed by atoms with Crippen molar-refractivity contribution in [2.24, 2.45) is 7.05 Å². The zero-order valence-electron chi connectivity index (χ0n) is 13.2. The Morgan fingerprint density at radius 2 is 2.12 bits per heavy atom. The fourth-order valence-corrected chi connectivity index (χ4v) is 2.45. The fraction of sp³-hybridized carbons (Fsp3) is 0.188. The topological polar surface area (TPSA) is 94.1 Å². The number of aromatic amines is 1. The molecule has 0 radical (unpaired) electrons. The Kier molecular flexibility index (Phi) is 3.23. The first kappa shape index (κ1) is 14.3. The van der Waals surface area contributed by atoms with Crippen molar-refractivity contribution in [1.82, 2.24) is 20.0 Å². The molecule has 122 valence electrons. The predicted octanol–water partition coefficient (Wildman–Crippen LogP) is 2.10. The zero-order valence-corrected chi connectivity index (χ0v) is 13.2. The Labute approximate surface area is 137 Å². The number of H-pyrrole nitrogens is 1. The normalized spacial score (nSPS) is 12.4. The predicted molar refractivity (Wildman–Crippen MR) is 86.0 cm³/mol. The Balaban J connectivity index is 1.56. The van der Waals surface area contributed by atoms with E-state index in [1.165, 1.54) is 0 Å². The van der Waals surface area contributed by atoms with E-state index in [9.17, 15) is 4.79 Å². The first-order valence-electron chi connectivity index (χ1n) is 7.37. The van der Waals surface area contributed by atoms with Gasteiger partial charge in [-0.05, 0) is 31.2 Å². The van der Waals surface area contributed by atoms with Crippen molar-refractivity contribution >= 4 is 11.6 Å². The second-order valence-electron chi connectivity index (χ2n) is 5.46. The van der Waals surface area contributed by atoms with E-state index in [0.717, 1.165) is 11.3 Å². The average Bonchev–Trinajstić information content (AvgIpc) is 3.30. The van der Waals surface area contributed by atoms with Crippen molar-refractivity contribution in [3.63, 3.8) is 0 Å². The van der Waals surface area contributed by atoms with Gasteiger partial charge in [0.15, 0.2) is 11.5 Å². The van der Waals surface area contributed by atoms with Gasteiger partial charge in [-0.15, -0.1) is 0 Å². The average molecular weight is 325 g/mol. The van der Waals surface area contributed by atoms with Gasteiger partial charge in [-0.2, -0.15) is 10.2 Å². The molecule has 3 heterocycles. The van der Waals surface area contributed by atoms with Gasteiger partial charge in [0.25, 0.3) is 5.91 Å².